The smallest absolute Gasteiger partial charge is 0.236 e. The van der Waals surface area contributed by atoms with Crippen molar-refractivity contribution in [1.82, 2.24) is 9.97 Å². The van der Waals surface area contributed by atoms with Gasteiger partial charge in [-0.1, -0.05) is 12.1 Å². The van der Waals surface area contributed by atoms with Gasteiger partial charge in [-0.15, -0.1) is 34.4 Å². The predicted molar refractivity (Wildman–Crippen MR) is 109 cm³/mol. The topological polar surface area (TPSA) is 68.0 Å². The zero-order valence-corrected chi connectivity index (χ0v) is 15.9. The summed E-state index contributed by atoms with van der Waals surface area (Å²) in [6, 6.07) is 11.7. The molecule has 0 atom stereocenters. The van der Waals surface area contributed by atoms with Crippen molar-refractivity contribution in [2.45, 2.75) is 0 Å². The number of carbonyl (C=O) groups excluding carboxylic acids is 1. The standard InChI is InChI=1S/C18H13N3O2S3/c22-16(21-18-19-7-9-24-18)11-25-15(10-12-4-3-8-23-12)17-20-13-5-1-2-6-14(13)26-17/h1-10H,11H2,(H,19,21,22). The van der Waals surface area contributed by atoms with Crippen LogP contribution in [0, 0.1) is 0 Å². The Bertz CT molecular complexity index is 1000. The van der Waals surface area contributed by atoms with Crippen LogP contribution in [0.5, 0.6) is 0 Å². The number of rotatable bonds is 6. The second-order valence-electron chi connectivity index (χ2n) is 5.18. The fourth-order valence-electron chi connectivity index (χ4n) is 2.23. The average molecular weight is 400 g/mol. The van der Waals surface area contributed by atoms with E-state index in [0.29, 0.717) is 5.13 Å². The largest absolute Gasteiger partial charge is 0.465 e. The summed E-state index contributed by atoms with van der Waals surface area (Å²) in [5.41, 5.74) is 0.950. The molecule has 8 heteroatoms. The molecule has 0 aliphatic carbocycles. The van der Waals surface area contributed by atoms with E-state index in [1.54, 1.807) is 23.8 Å². The summed E-state index contributed by atoms with van der Waals surface area (Å²) in [4.78, 5) is 21.8. The fraction of sp³-hybridized carbons (Fsp3) is 0.0556. The highest BCUT2D eigenvalue weighted by Gasteiger charge is 2.13. The minimum atomic E-state index is -0.101. The van der Waals surface area contributed by atoms with Crippen LogP contribution in [0.1, 0.15) is 10.8 Å². The first-order valence-corrected chi connectivity index (χ1v) is 10.4. The van der Waals surface area contributed by atoms with E-state index in [0.717, 1.165) is 25.9 Å². The Hall–Kier alpha value is -2.42. The molecule has 3 heterocycles. The van der Waals surface area contributed by atoms with E-state index in [1.165, 1.54) is 23.1 Å². The molecule has 1 amide bonds. The number of thiazole rings is 2. The molecular weight excluding hydrogens is 386 g/mol. The number of nitrogens with one attached hydrogen (secondary N) is 1. The number of hydrogen-bond donors (Lipinski definition) is 1. The number of thioether (sulfide) groups is 1. The zero-order chi connectivity index (χ0) is 17.8. The van der Waals surface area contributed by atoms with Crippen molar-refractivity contribution in [2.75, 3.05) is 11.1 Å². The SMILES string of the molecule is O=C(CSC(=Cc1ccco1)c1nc2ccccc2s1)Nc1nccs1. The van der Waals surface area contributed by atoms with Crippen molar-refractivity contribution in [3.63, 3.8) is 0 Å². The molecule has 0 unspecified atom stereocenters. The molecule has 0 fully saturated rings. The van der Waals surface area contributed by atoms with Gasteiger partial charge in [0.15, 0.2) is 5.13 Å². The molecule has 26 heavy (non-hydrogen) atoms. The van der Waals surface area contributed by atoms with Gasteiger partial charge in [0.2, 0.25) is 5.91 Å². The van der Waals surface area contributed by atoms with Gasteiger partial charge in [0.05, 0.1) is 22.2 Å². The van der Waals surface area contributed by atoms with Gasteiger partial charge in [0.25, 0.3) is 0 Å². The zero-order valence-electron chi connectivity index (χ0n) is 13.4. The predicted octanol–water partition coefficient (Wildman–Crippen LogP) is 5.22. The van der Waals surface area contributed by atoms with Crippen LogP contribution >= 0.6 is 34.4 Å². The van der Waals surface area contributed by atoms with Crippen molar-refractivity contribution >= 4 is 66.7 Å². The number of para-hydroxylation sites is 1. The van der Waals surface area contributed by atoms with E-state index >= 15 is 0 Å². The molecule has 0 saturated heterocycles. The molecule has 4 rings (SSSR count). The third-order valence-corrected chi connectivity index (χ3v) is 6.27. The second-order valence-corrected chi connectivity index (χ2v) is 8.13. The van der Waals surface area contributed by atoms with Gasteiger partial charge in [-0.25, -0.2) is 9.97 Å². The third kappa shape index (κ3) is 4.04. The van der Waals surface area contributed by atoms with Crippen LogP contribution in [0.4, 0.5) is 5.13 Å². The number of furan rings is 1. The third-order valence-electron chi connectivity index (χ3n) is 3.36. The molecule has 0 bridgehead atoms. The van der Waals surface area contributed by atoms with Gasteiger partial charge in [-0.2, -0.15) is 0 Å². The van der Waals surface area contributed by atoms with E-state index < -0.39 is 0 Å². The number of carbonyl (C=O) groups is 1. The quantitative estimate of drug-likeness (QED) is 0.482. The summed E-state index contributed by atoms with van der Waals surface area (Å²) in [5.74, 6) is 0.894. The number of amides is 1. The molecule has 0 aliphatic heterocycles. The fourth-order valence-corrected chi connectivity index (χ4v) is 4.68. The maximum atomic E-state index is 12.2. The first kappa shape index (κ1) is 17.0. The van der Waals surface area contributed by atoms with Gasteiger partial charge in [-0.3, -0.25) is 4.79 Å². The monoisotopic (exact) mass is 399 g/mol. The molecule has 0 saturated carbocycles. The lowest BCUT2D eigenvalue weighted by atomic mass is 10.3. The van der Waals surface area contributed by atoms with E-state index in [-0.39, 0.29) is 11.7 Å². The Kier molecular flexibility index (Phi) is 5.14. The van der Waals surface area contributed by atoms with Gasteiger partial charge < -0.3 is 9.73 Å². The molecule has 5 nitrogen and oxygen atoms in total. The first-order valence-electron chi connectivity index (χ1n) is 7.71. The highest BCUT2D eigenvalue weighted by molar-refractivity contribution is 8.09. The van der Waals surface area contributed by atoms with Crippen LogP contribution in [0.25, 0.3) is 21.2 Å². The lowest BCUT2D eigenvalue weighted by molar-refractivity contribution is -0.113. The van der Waals surface area contributed by atoms with Crippen molar-refractivity contribution in [3.05, 3.63) is 65.0 Å². The number of benzene rings is 1. The molecule has 4 aromatic rings. The van der Waals surface area contributed by atoms with Crippen molar-refractivity contribution in [1.29, 1.82) is 0 Å². The summed E-state index contributed by atoms with van der Waals surface area (Å²) in [7, 11) is 0. The van der Waals surface area contributed by atoms with Gasteiger partial charge in [0.1, 0.15) is 10.8 Å². The maximum absolute atomic E-state index is 12.2. The lowest BCUT2D eigenvalue weighted by Gasteiger charge is -2.04. The summed E-state index contributed by atoms with van der Waals surface area (Å²) in [6.45, 7) is 0. The highest BCUT2D eigenvalue weighted by Crippen LogP contribution is 2.35. The van der Waals surface area contributed by atoms with Crippen LogP contribution < -0.4 is 5.32 Å². The Morgan fingerprint density at radius 2 is 2.19 bits per heavy atom. The molecule has 0 spiro atoms. The van der Waals surface area contributed by atoms with E-state index in [9.17, 15) is 4.79 Å². The summed E-state index contributed by atoms with van der Waals surface area (Å²) < 4.78 is 6.54. The Labute approximate surface area is 161 Å². The number of hydrogen-bond acceptors (Lipinski definition) is 7. The second kappa shape index (κ2) is 7.86. The van der Waals surface area contributed by atoms with Crippen LogP contribution in [0.15, 0.2) is 58.7 Å². The van der Waals surface area contributed by atoms with E-state index in [1.807, 2.05) is 47.9 Å². The summed E-state index contributed by atoms with van der Waals surface area (Å²) in [6.07, 6.45) is 5.21. The molecular formula is C18H13N3O2S3. The van der Waals surface area contributed by atoms with Gasteiger partial charge in [0, 0.05) is 16.5 Å². The molecule has 130 valence electrons. The Morgan fingerprint density at radius 1 is 1.27 bits per heavy atom. The number of aromatic nitrogens is 2. The van der Waals surface area contributed by atoms with Crippen molar-refractivity contribution < 1.29 is 9.21 Å². The molecule has 0 radical (unpaired) electrons. The molecule has 3 aromatic heterocycles. The summed E-state index contributed by atoms with van der Waals surface area (Å²) in [5, 5.41) is 6.09. The summed E-state index contributed by atoms with van der Waals surface area (Å²) >= 11 is 4.43. The van der Waals surface area contributed by atoms with Crippen molar-refractivity contribution in [2.24, 2.45) is 0 Å². The van der Waals surface area contributed by atoms with E-state index in [2.05, 4.69) is 10.3 Å². The molecule has 0 aliphatic rings. The minimum Gasteiger partial charge on any atom is -0.465 e. The molecule has 1 N–H and O–H groups in total. The number of fused-ring (bicyclic) bond motifs is 1. The van der Waals surface area contributed by atoms with Crippen molar-refractivity contribution in [3.8, 4) is 0 Å². The lowest BCUT2D eigenvalue weighted by Crippen LogP contribution is -2.13. The van der Waals surface area contributed by atoms with Gasteiger partial charge >= 0.3 is 0 Å². The van der Waals surface area contributed by atoms with Crippen LogP contribution in [-0.2, 0) is 4.79 Å². The Balaban J connectivity index is 1.56. The molecule has 1 aromatic carbocycles. The maximum Gasteiger partial charge on any atom is 0.236 e. The minimum absolute atomic E-state index is 0.101. The van der Waals surface area contributed by atoms with Crippen LogP contribution in [-0.4, -0.2) is 21.6 Å². The highest BCUT2D eigenvalue weighted by atomic mass is 32.2. The first-order chi connectivity index (χ1) is 12.8. The number of anilines is 1. The average Bonchev–Trinajstić information content (AvgIpc) is 3.39. The van der Waals surface area contributed by atoms with Gasteiger partial charge in [-0.05, 0) is 30.3 Å². The Morgan fingerprint density at radius 3 is 2.96 bits per heavy atom. The van der Waals surface area contributed by atoms with Crippen LogP contribution in [0.3, 0.4) is 0 Å². The van der Waals surface area contributed by atoms with E-state index in [4.69, 9.17) is 9.40 Å². The number of nitrogens with zero attached hydrogens (tertiary/aromatic N) is 2. The van der Waals surface area contributed by atoms with Crippen LogP contribution in [0.2, 0.25) is 0 Å². The normalized spacial score (nSPS) is 11.8.